The molecule has 0 unspecified atom stereocenters. The number of carboxylic acid groups (broad SMARTS) is 1. The van der Waals surface area contributed by atoms with Gasteiger partial charge in [0.25, 0.3) is 0 Å². The summed E-state index contributed by atoms with van der Waals surface area (Å²) in [4.78, 5) is 11.4. The highest BCUT2D eigenvalue weighted by Crippen LogP contribution is 2.42. The Kier molecular flexibility index (Phi) is 6.85. The zero-order valence-electron chi connectivity index (χ0n) is 16.5. The Morgan fingerprint density at radius 1 is 1.45 bits per heavy atom. The lowest BCUT2D eigenvalue weighted by Gasteiger charge is -2.30. The van der Waals surface area contributed by atoms with Gasteiger partial charge < -0.3 is 14.6 Å². The first-order chi connectivity index (χ1) is 13.7. The molecule has 0 aromatic carbocycles. The Labute approximate surface area is 167 Å². The van der Waals surface area contributed by atoms with Gasteiger partial charge in [-0.3, -0.25) is 9.58 Å². The molecular formula is C19H28F3N3O4. The van der Waals surface area contributed by atoms with Gasteiger partial charge in [-0.15, -0.1) is 0 Å². The second-order valence-corrected chi connectivity index (χ2v) is 8.38. The number of carboxylic acids is 1. The normalized spacial score (nSPS) is 27.2. The zero-order chi connectivity index (χ0) is 21.1. The summed E-state index contributed by atoms with van der Waals surface area (Å²) in [5, 5.41) is 11.4. The molecule has 10 heteroatoms. The first-order valence-corrected chi connectivity index (χ1v) is 9.83. The number of aryl methyl sites for hydroxylation is 1. The molecule has 3 fully saturated rings. The summed E-state index contributed by atoms with van der Waals surface area (Å²) in [5.41, 5.74) is 1.53. The summed E-state index contributed by atoms with van der Waals surface area (Å²) in [6, 6.07) is 0. The van der Waals surface area contributed by atoms with Crippen LogP contribution in [0.15, 0.2) is 12.4 Å². The highest BCUT2D eigenvalue weighted by molar-refractivity contribution is 5.73. The number of fused-ring (bicyclic) bond motifs is 1. The molecule has 2 aliphatic heterocycles. The van der Waals surface area contributed by atoms with Crippen LogP contribution in [0.3, 0.4) is 0 Å². The number of nitrogens with zero attached hydrogens (tertiary/aromatic N) is 3. The van der Waals surface area contributed by atoms with Crippen molar-refractivity contribution in [2.24, 2.45) is 24.3 Å². The van der Waals surface area contributed by atoms with Gasteiger partial charge in [0, 0.05) is 56.4 Å². The van der Waals surface area contributed by atoms with Crippen molar-refractivity contribution in [3.8, 4) is 0 Å². The SMILES string of the molecule is Cn1cc(CN2C[C@@H]3COC[C@]3(COCC3CCC3)C2)cn1.O=C(O)C(F)(F)F. The van der Waals surface area contributed by atoms with E-state index >= 15 is 0 Å². The molecule has 0 radical (unpaired) electrons. The molecule has 3 heterocycles. The first-order valence-electron chi connectivity index (χ1n) is 9.83. The molecule has 0 bridgehead atoms. The second kappa shape index (κ2) is 9.01. The molecule has 0 spiro atoms. The Morgan fingerprint density at radius 3 is 2.72 bits per heavy atom. The van der Waals surface area contributed by atoms with Crippen molar-refractivity contribution in [2.45, 2.75) is 32.0 Å². The summed E-state index contributed by atoms with van der Waals surface area (Å²) in [7, 11) is 1.98. The van der Waals surface area contributed by atoms with E-state index in [1.807, 2.05) is 17.9 Å². The predicted molar refractivity (Wildman–Crippen MR) is 97.1 cm³/mol. The Morgan fingerprint density at radius 2 is 2.17 bits per heavy atom. The average Bonchev–Trinajstić information content (AvgIpc) is 3.24. The third-order valence-corrected chi connectivity index (χ3v) is 5.97. The van der Waals surface area contributed by atoms with Crippen molar-refractivity contribution < 1.29 is 32.5 Å². The molecule has 2 atom stereocenters. The van der Waals surface area contributed by atoms with Crippen molar-refractivity contribution in [3.63, 3.8) is 0 Å². The molecule has 1 N–H and O–H groups in total. The van der Waals surface area contributed by atoms with E-state index in [0.717, 1.165) is 52.0 Å². The minimum Gasteiger partial charge on any atom is -0.475 e. The number of alkyl halides is 3. The van der Waals surface area contributed by atoms with Gasteiger partial charge in [0.1, 0.15) is 0 Å². The van der Waals surface area contributed by atoms with Crippen molar-refractivity contribution in [1.29, 1.82) is 0 Å². The highest BCUT2D eigenvalue weighted by Gasteiger charge is 2.50. The standard InChI is InChI=1S/C17H27N3O2.C2HF3O2/c1-19-6-15(5-18-19)7-20-8-16-10-22-13-17(16,11-20)12-21-9-14-3-2-4-14;3-2(4,5)1(6)7/h5-6,14,16H,2-4,7-13H2,1H3;(H,6,7)/t16-,17-;/m1./s1. The molecule has 4 rings (SSSR count). The van der Waals surface area contributed by atoms with E-state index in [9.17, 15) is 13.2 Å². The van der Waals surface area contributed by atoms with E-state index in [-0.39, 0.29) is 5.41 Å². The Hall–Kier alpha value is -1.65. The lowest BCUT2D eigenvalue weighted by atomic mass is 9.81. The van der Waals surface area contributed by atoms with Gasteiger partial charge in [-0.2, -0.15) is 18.3 Å². The van der Waals surface area contributed by atoms with Crippen LogP contribution >= 0.6 is 0 Å². The van der Waals surface area contributed by atoms with Crippen LogP contribution < -0.4 is 0 Å². The Balaban J connectivity index is 0.000000298. The van der Waals surface area contributed by atoms with E-state index in [0.29, 0.717) is 5.92 Å². The van der Waals surface area contributed by atoms with Crippen molar-refractivity contribution in [1.82, 2.24) is 14.7 Å². The van der Waals surface area contributed by atoms with E-state index in [1.165, 1.54) is 24.8 Å². The molecular weight excluding hydrogens is 391 g/mol. The molecule has 2 saturated heterocycles. The summed E-state index contributed by atoms with van der Waals surface area (Å²) in [6.07, 6.45) is 3.12. The van der Waals surface area contributed by atoms with Gasteiger partial charge in [0.15, 0.2) is 0 Å². The minimum absolute atomic E-state index is 0.228. The topological polar surface area (TPSA) is 76.8 Å². The van der Waals surface area contributed by atoms with Gasteiger partial charge in [0.05, 0.1) is 26.0 Å². The molecule has 0 amide bonds. The zero-order valence-corrected chi connectivity index (χ0v) is 16.5. The lowest BCUT2D eigenvalue weighted by Crippen LogP contribution is -2.36. The van der Waals surface area contributed by atoms with Crippen LogP contribution in [0.2, 0.25) is 0 Å². The van der Waals surface area contributed by atoms with E-state index < -0.39 is 12.1 Å². The monoisotopic (exact) mass is 419 g/mol. The van der Waals surface area contributed by atoms with Gasteiger partial charge in [-0.05, 0) is 18.8 Å². The first kappa shape index (κ1) is 22.0. The van der Waals surface area contributed by atoms with Crippen LogP contribution in [0.25, 0.3) is 0 Å². The molecule has 29 heavy (non-hydrogen) atoms. The maximum absolute atomic E-state index is 10.6. The van der Waals surface area contributed by atoms with Crippen LogP contribution in [0.5, 0.6) is 0 Å². The highest BCUT2D eigenvalue weighted by atomic mass is 19.4. The number of hydrogen-bond donors (Lipinski definition) is 1. The fourth-order valence-corrected chi connectivity index (χ4v) is 4.17. The number of likely N-dealkylation sites (tertiary alicyclic amines) is 1. The second-order valence-electron chi connectivity index (χ2n) is 8.38. The van der Waals surface area contributed by atoms with Crippen LogP contribution in [0.1, 0.15) is 24.8 Å². The van der Waals surface area contributed by atoms with Crippen LogP contribution in [-0.2, 0) is 27.9 Å². The number of hydrogen-bond acceptors (Lipinski definition) is 5. The summed E-state index contributed by atoms with van der Waals surface area (Å²) in [6.45, 7) is 6.81. The molecule has 1 aliphatic carbocycles. The number of aromatic nitrogens is 2. The lowest BCUT2D eigenvalue weighted by molar-refractivity contribution is -0.192. The number of rotatable bonds is 6. The van der Waals surface area contributed by atoms with E-state index in [4.69, 9.17) is 19.4 Å². The number of carbonyl (C=O) groups is 1. The van der Waals surface area contributed by atoms with Crippen molar-refractivity contribution in [3.05, 3.63) is 18.0 Å². The number of ether oxygens (including phenoxy) is 2. The van der Waals surface area contributed by atoms with E-state index in [1.54, 1.807) is 0 Å². The van der Waals surface area contributed by atoms with Crippen molar-refractivity contribution >= 4 is 5.97 Å². The van der Waals surface area contributed by atoms with Crippen molar-refractivity contribution in [2.75, 3.05) is 39.5 Å². The molecule has 7 nitrogen and oxygen atoms in total. The Bertz CT molecular complexity index is 692. The molecule has 1 saturated carbocycles. The fraction of sp³-hybridized carbons (Fsp3) is 0.789. The minimum atomic E-state index is -5.08. The summed E-state index contributed by atoms with van der Waals surface area (Å²) < 4.78 is 45.5. The van der Waals surface area contributed by atoms with Gasteiger partial charge >= 0.3 is 12.1 Å². The van der Waals surface area contributed by atoms with Gasteiger partial charge in [0.2, 0.25) is 0 Å². The molecule has 1 aromatic heterocycles. The van der Waals surface area contributed by atoms with Crippen LogP contribution in [0.4, 0.5) is 13.2 Å². The van der Waals surface area contributed by atoms with Gasteiger partial charge in [-0.25, -0.2) is 4.79 Å². The smallest absolute Gasteiger partial charge is 0.475 e. The number of aliphatic carboxylic acids is 1. The molecule has 1 aromatic rings. The molecule has 3 aliphatic rings. The number of halogens is 3. The largest absolute Gasteiger partial charge is 0.490 e. The summed E-state index contributed by atoms with van der Waals surface area (Å²) >= 11 is 0. The maximum atomic E-state index is 10.6. The predicted octanol–water partition coefficient (Wildman–Crippen LogP) is 2.32. The van der Waals surface area contributed by atoms with Crippen LogP contribution in [0, 0.1) is 17.3 Å². The fourth-order valence-electron chi connectivity index (χ4n) is 4.17. The quantitative estimate of drug-likeness (QED) is 0.763. The third kappa shape index (κ3) is 5.70. The average molecular weight is 419 g/mol. The molecule has 164 valence electrons. The van der Waals surface area contributed by atoms with E-state index in [2.05, 4.69) is 16.2 Å². The van der Waals surface area contributed by atoms with Crippen LogP contribution in [-0.4, -0.2) is 71.4 Å². The van der Waals surface area contributed by atoms with Gasteiger partial charge in [-0.1, -0.05) is 6.42 Å². The summed E-state index contributed by atoms with van der Waals surface area (Å²) in [5.74, 6) is -1.30. The third-order valence-electron chi connectivity index (χ3n) is 5.97. The maximum Gasteiger partial charge on any atom is 0.490 e.